The van der Waals surface area contributed by atoms with Gasteiger partial charge in [0.2, 0.25) is 0 Å². The van der Waals surface area contributed by atoms with Crippen molar-refractivity contribution in [3.05, 3.63) is 59.7 Å². The Morgan fingerprint density at radius 1 is 1.04 bits per heavy atom. The molecule has 3 N–H and O–H groups in total. The number of rotatable bonds is 8. The molecule has 0 bridgehead atoms. The molecule has 0 aromatic heterocycles. The zero-order chi connectivity index (χ0) is 18.1. The number of hydrogen-bond donors (Lipinski definition) is 3. The maximum absolute atomic E-state index is 12.0. The molecule has 0 aliphatic heterocycles. The van der Waals surface area contributed by atoms with Crippen LogP contribution in [0.5, 0.6) is 0 Å². The summed E-state index contributed by atoms with van der Waals surface area (Å²) in [7, 11) is 1.66. The minimum Gasteiger partial charge on any atom is -0.383 e. The molecule has 25 heavy (non-hydrogen) atoms. The number of benzene rings is 2. The second-order valence-electron chi connectivity index (χ2n) is 5.56. The number of nitrogens with one attached hydrogen (secondary N) is 3. The number of hydrogen-bond acceptors (Lipinski definition) is 4. The minimum absolute atomic E-state index is 0.0387. The van der Waals surface area contributed by atoms with Crippen LogP contribution < -0.4 is 16.0 Å². The molecular weight excluding hydrogens is 318 g/mol. The Morgan fingerprint density at radius 3 is 2.48 bits per heavy atom. The van der Waals surface area contributed by atoms with Crippen molar-refractivity contribution in [2.75, 3.05) is 30.9 Å². The van der Waals surface area contributed by atoms with Gasteiger partial charge in [-0.2, -0.15) is 0 Å². The number of carbonyl (C=O) groups is 2. The first-order valence-corrected chi connectivity index (χ1v) is 8.06. The molecular formula is C19H23N3O3. The highest BCUT2D eigenvalue weighted by molar-refractivity contribution is 5.96. The molecule has 6 heteroatoms. The monoisotopic (exact) mass is 341 g/mol. The Kier molecular flexibility index (Phi) is 6.98. The van der Waals surface area contributed by atoms with Gasteiger partial charge in [0.1, 0.15) is 0 Å². The van der Waals surface area contributed by atoms with E-state index in [1.165, 1.54) is 6.92 Å². The molecule has 0 aliphatic carbocycles. The number of amides is 2. The summed E-state index contributed by atoms with van der Waals surface area (Å²) in [6.07, 6.45) is 0. The molecule has 0 heterocycles. The molecule has 132 valence electrons. The topological polar surface area (TPSA) is 79.5 Å². The number of ketones is 1. The predicted molar refractivity (Wildman–Crippen MR) is 99.1 cm³/mol. The van der Waals surface area contributed by atoms with Gasteiger partial charge in [-0.05, 0) is 36.8 Å². The largest absolute Gasteiger partial charge is 0.383 e. The van der Waals surface area contributed by atoms with Crippen LogP contribution in [-0.2, 0) is 11.3 Å². The van der Waals surface area contributed by atoms with Gasteiger partial charge in [-0.3, -0.25) is 4.79 Å². The average Bonchev–Trinajstić information content (AvgIpc) is 2.61. The number of carbonyl (C=O) groups excluding carboxylic acids is 2. The van der Waals surface area contributed by atoms with E-state index in [0.717, 1.165) is 17.8 Å². The summed E-state index contributed by atoms with van der Waals surface area (Å²) in [6, 6.07) is 14.4. The lowest BCUT2D eigenvalue weighted by Crippen LogP contribution is -2.28. The highest BCUT2D eigenvalue weighted by atomic mass is 16.5. The van der Waals surface area contributed by atoms with Gasteiger partial charge < -0.3 is 20.7 Å². The normalized spacial score (nSPS) is 10.2. The summed E-state index contributed by atoms with van der Waals surface area (Å²) in [4.78, 5) is 23.3. The Morgan fingerprint density at radius 2 is 1.80 bits per heavy atom. The Balaban J connectivity index is 1.81. The van der Waals surface area contributed by atoms with Crippen molar-refractivity contribution in [3.63, 3.8) is 0 Å². The van der Waals surface area contributed by atoms with Gasteiger partial charge in [-0.1, -0.05) is 24.3 Å². The fraction of sp³-hybridized carbons (Fsp3) is 0.263. The van der Waals surface area contributed by atoms with E-state index in [9.17, 15) is 9.59 Å². The fourth-order valence-corrected chi connectivity index (χ4v) is 2.21. The standard InChI is InChI=1S/C19H23N3O3/c1-14(23)16-4-3-5-18(12-16)22-19(24)21-13-15-6-8-17(9-7-15)20-10-11-25-2/h3-9,12,20H,10-11,13H2,1-2H3,(H2,21,22,24). The summed E-state index contributed by atoms with van der Waals surface area (Å²) >= 11 is 0. The Bertz CT molecular complexity index is 714. The summed E-state index contributed by atoms with van der Waals surface area (Å²) in [5, 5.41) is 8.75. The first-order chi connectivity index (χ1) is 12.1. The highest BCUT2D eigenvalue weighted by Gasteiger charge is 2.04. The summed E-state index contributed by atoms with van der Waals surface area (Å²) in [5.74, 6) is -0.0387. The lowest BCUT2D eigenvalue weighted by molar-refractivity contribution is 0.101. The number of methoxy groups -OCH3 is 1. The molecule has 0 saturated heterocycles. The van der Waals surface area contributed by atoms with Crippen LogP contribution in [0.4, 0.5) is 16.2 Å². The lowest BCUT2D eigenvalue weighted by Gasteiger charge is -2.10. The predicted octanol–water partition coefficient (Wildman–Crippen LogP) is 3.27. The van der Waals surface area contributed by atoms with Crippen LogP contribution in [0.15, 0.2) is 48.5 Å². The third-order valence-electron chi connectivity index (χ3n) is 3.57. The second-order valence-corrected chi connectivity index (χ2v) is 5.56. The van der Waals surface area contributed by atoms with Gasteiger partial charge in [-0.15, -0.1) is 0 Å². The number of urea groups is 1. The molecule has 0 spiro atoms. The van der Waals surface area contributed by atoms with Crippen molar-refractivity contribution in [2.45, 2.75) is 13.5 Å². The van der Waals surface area contributed by atoms with E-state index in [4.69, 9.17) is 4.74 Å². The number of anilines is 2. The average molecular weight is 341 g/mol. The van der Waals surface area contributed by atoms with Crippen LogP contribution in [0.25, 0.3) is 0 Å². The van der Waals surface area contributed by atoms with E-state index in [2.05, 4.69) is 16.0 Å². The molecule has 0 radical (unpaired) electrons. The Hall–Kier alpha value is -2.86. The zero-order valence-electron chi connectivity index (χ0n) is 14.5. The fourth-order valence-electron chi connectivity index (χ4n) is 2.21. The Labute approximate surface area is 147 Å². The zero-order valence-corrected chi connectivity index (χ0v) is 14.5. The second kappa shape index (κ2) is 9.44. The maximum Gasteiger partial charge on any atom is 0.319 e. The van der Waals surface area contributed by atoms with Crippen LogP contribution in [0.2, 0.25) is 0 Å². The first-order valence-electron chi connectivity index (χ1n) is 8.06. The molecule has 2 aromatic carbocycles. The summed E-state index contributed by atoms with van der Waals surface area (Å²) in [5.41, 5.74) is 3.15. The van der Waals surface area contributed by atoms with E-state index < -0.39 is 0 Å². The molecule has 0 saturated carbocycles. The van der Waals surface area contributed by atoms with E-state index in [-0.39, 0.29) is 11.8 Å². The van der Waals surface area contributed by atoms with Crippen LogP contribution in [0, 0.1) is 0 Å². The van der Waals surface area contributed by atoms with Crippen molar-refractivity contribution in [2.24, 2.45) is 0 Å². The quantitative estimate of drug-likeness (QED) is 0.508. The molecule has 0 aliphatic rings. The van der Waals surface area contributed by atoms with E-state index >= 15 is 0 Å². The van der Waals surface area contributed by atoms with Crippen molar-refractivity contribution >= 4 is 23.2 Å². The van der Waals surface area contributed by atoms with Crippen LogP contribution in [0.1, 0.15) is 22.8 Å². The van der Waals surface area contributed by atoms with E-state index in [1.807, 2.05) is 24.3 Å². The summed E-state index contributed by atoms with van der Waals surface area (Å²) < 4.78 is 4.99. The van der Waals surface area contributed by atoms with Gasteiger partial charge in [-0.25, -0.2) is 4.79 Å². The molecule has 2 rings (SSSR count). The number of ether oxygens (including phenoxy) is 1. The van der Waals surface area contributed by atoms with Crippen LogP contribution in [0.3, 0.4) is 0 Å². The molecule has 0 unspecified atom stereocenters. The maximum atomic E-state index is 12.0. The molecule has 2 amide bonds. The van der Waals surface area contributed by atoms with Crippen LogP contribution in [-0.4, -0.2) is 32.1 Å². The summed E-state index contributed by atoms with van der Waals surface area (Å²) in [6.45, 7) is 3.30. The third-order valence-corrected chi connectivity index (χ3v) is 3.57. The van der Waals surface area contributed by atoms with Gasteiger partial charge >= 0.3 is 6.03 Å². The van der Waals surface area contributed by atoms with Crippen molar-refractivity contribution < 1.29 is 14.3 Å². The van der Waals surface area contributed by atoms with E-state index in [0.29, 0.717) is 24.4 Å². The van der Waals surface area contributed by atoms with Crippen LogP contribution >= 0.6 is 0 Å². The molecule has 0 fully saturated rings. The van der Waals surface area contributed by atoms with Gasteiger partial charge in [0.05, 0.1) is 6.61 Å². The molecule has 2 aromatic rings. The first kappa shape index (κ1) is 18.5. The van der Waals surface area contributed by atoms with Crippen molar-refractivity contribution in [3.8, 4) is 0 Å². The van der Waals surface area contributed by atoms with E-state index in [1.54, 1.807) is 31.4 Å². The van der Waals surface area contributed by atoms with Gasteiger partial charge in [0, 0.05) is 37.1 Å². The smallest absolute Gasteiger partial charge is 0.319 e. The van der Waals surface area contributed by atoms with Gasteiger partial charge in [0.25, 0.3) is 0 Å². The molecule has 0 atom stereocenters. The van der Waals surface area contributed by atoms with Gasteiger partial charge in [0.15, 0.2) is 5.78 Å². The lowest BCUT2D eigenvalue weighted by atomic mass is 10.1. The highest BCUT2D eigenvalue weighted by Crippen LogP contribution is 2.12. The minimum atomic E-state index is -0.317. The molecule has 6 nitrogen and oxygen atoms in total. The number of Topliss-reactive ketones (excluding diaryl/α,β-unsaturated/α-hetero) is 1. The SMILES string of the molecule is COCCNc1ccc(CNC(=O)Nc2cccc(C(C)=O)c2)cc1. The van der Waals surface area contributed by atoms with Crippen molar-refractivity contribution in [1.29, 1.82) is 0 Å². The third kappa shape index (κ3) is 6.27. The van der Waals surface area contributed by atoms with Crippen molar-refractivity contribution in [1.82, 2.24) is 5.32 Å².